The quantitative estimate of drug-likeness (QED) is 0.559. The number of nitrogens with zero attached hydrogens (tertiary/aromatic N) is 3. The highest BCUT2D eigenvalue weighted by molar-refractivity contribution is 6.42. The molecule has 0 saturated carbocycles. The summed E-state index contributed by atoms with van der Waals surface area (Å²) in [6.45, 7) is 6.47. The van der Waals surface area contributed by atoms with E-state index in [2.05, 4.69) is 38.5 Å². The van der Waals surface area contributed by atoms with E-state index in [1.54, 1.807) is 0 Å². The summed E-state index contributed by atoms with van der Waals surface area (Å²) in [6.07, 6.45) is 4.84. The van der Waals surface area contributed by atoms with Gasteiger partial charge >= 0.3 is 0 Å². The van der Waals surface area contributed by atoms with Gasteiger partial charge in [-0.2, -0.15) is 0 Å². The Labute approximate surface area is 179 Å². The van der Waals surface area contributed by atoms with Crippen LogP contribution in [0, 0.1) is 5.92 Å². The highest BCUT2D eigenvalue weighted by atomic mass is 35.5. The number of benzene rings is 1. The number of aliphatic imine (C=N–C) groups is 1. The number of halogens is 2. The summed E-state index contributed by atoms with van der Waals surface area (Å²) in [5.41, 5.74) is 1.22. The van der Waals surface area contributed by atoms with E-state index in [1.807, 2.05) is 19.2 Å². The molecule has 2 N–H and O–H groups in total. The lowest BCUT2D eigenvalue weighted by Gasteiger charge is -2.34. The Bertz CT molecular complexity index is 658. The van der Waals surface area contributed by atoms with Crippen molar-refractivity contribution in [1.29, 1.82) is 0 Å². The van der Waals surface area contributed by atoms with E-state index in [0.717, 1.165) is 45.0 Å². The van der Waals surface area contributed by atoms with Crippen molar-refractivity contribution in [3.05, 3.63) is 33.8 Å². The molecule has 28 heavy (non-hydrogen) atoms. The minimum absolute atomic E-state index is 0.477. The number of likely N-dealkylation sites (tertiary alicyclic amines) is 2. The summed E-state index contributed by atoms with van der Waals surface area (Å²) in [7, 11) is 4.08. The van der Waals surface area contributed by atoms with Crippen LogP contribution in [-0.2, 0) is 6.54 Å². The smallest absolute Gasteiger partial charge is 0.191 e. The van der Waals surface area contributed by atoms with Gasteiger partial charge < -0.3 is 15.5 Å². The maximum absolute atomic E-state index is 6.14. The first kappa shape index (κ1) is 21.7. The van der Waals surface area contributed by atoms with E-state index in [9.17, 15) is 0 Å². The monoisotopic (exact) mass is 425 g/mol. The fraction of sp³-hybridized carbons (Fsp3) is 0.667. The van der Waals surface area contributed by atoms with Gasteiger partial charge in [0, 0.05) is 45.8 Å². The third-order valence-corrected chi connectivity index (χ3v) is 6.56. The first-order valence-corrected chi connectivity index (χ1v) is 11.1. The molecule has 1 aromatic carbocycles. The molecule has 0 aliphatic carbocycles. The Morgan fingerprint density at radius 1 is 1.14 bits per heavy atom. The Kier molecular flexibility index (Phi) is 8.27. The van der Waals surface area contributed by atoms with Crippen LogP contribution in [0.15, 0.2) is 23.2 Å². The fourth-order valence-corrected chi connectivity index (χ4v) is 4.52. The van der Waals surface area contributed by atoms with Crippen LogP contribution in [0.1, 0.15) is 31.2 Å². The SMILES string of the molecule is CN=C(NCC1CCCN(C)C1)NC1CCN(Cc2ccc(Cl)c(Cl)c2)CC1. The van der Waals surface area contributed by atoms with Crippen molar-refractivity contribution in [2.45, 2.75) is 38.3 Å². The third kappa shape index (κ3) is 6.51. The lowest BCUT2D eigenvalue weighted by molar-refractivity contribution is 0.197. The van der Waals surface area contributed by atoms with Gasteiger partial charge in [-0.15, -0.1) is 0 Å². The van der Waals surface area contributed by atoms with Gasteiger partial charge in [-0.05, 0) is 62.9 Å². The van der Waals surface area contributed by atoms with Gasteiger partial charge in [-0.3, -0.25) is 9.89 Å². The average molecular weight is 426 g/mol. The third-order valence-electron chi connectivity index (χ3n) is 5.82. The molecule has 7 heteroatoms. The van der Waals surface area contributed by atoms with E-state index in [-0.39, 0.29) is 0 Å². The van der Waals surface area contributed by atoms with E-state index < -0.39 is 0 Å². The molecular formula is C21H33Cl2N5. The van der Waals surface area contributed by atoms with Crippen molar-refractivity contribution in [2.24, 2.45) is 10.9 Å². The second kappa shape index (κ2) is 10.7. The van der Waals surface area contributed by atoms with E-state index in [1.165, 1.54) is 31.5 Å². The maximum Gasteiger partial charge on any atom is 0.191 e. The summed E-state index contributed by atoms with van der Waals surface area (Å²) < 4.78 is 0. The lowest BCUT2D eigenvalue weighted by Crippen LogP contribution is -2.50. The molecular weight excluding hydrogens is 393 g/mol. The zero-order valence-corrected chi connectivity index (χ0v) is 18.6. The molecule has 2 aliphatic heterocycles. The molecule has 0 amide bonds. The molecule has 2 saturated heterocycles. The zero-order chi connectivity index (χ0) is 19.9. The molecule has 2 aliphatic rings. The zero-order valence-electron chi connectivity index (χ0n) is 17.1. The Morgan fingerprint density at radius 3 is 2.61 bits per heavy atom. The van der Waals surface area contributed by atoms with Gasteiger partial charge in [0.1, 0.15) is 0 Å². The predicted molar refractivity (Wildman–Crippen MR) is 119 cm³/mol. The van der Waals surface area contributed by atoms with Gasteiger partial charge in [0.15, 0.2) is 5.96 Å². The summed E-state index contributed by atoms with van der Waals surface area (Å²) >= 11 is 12.2. The van der Waals surface area contributed by atoms with Gasteiger partial charge in [0.25, 0.3) is 0 Å². The maximum atomic E-state index is 6.14. The Balaban J connectivity index is 1.39. The van der Waals surface area contributed by atoms with Gasteiger partial charge in [-0.25, -0.2) is 0 Å². The van der Waals surface area contributed by atoms with Crippen molar-refractivity contribution in [3.63, 3.8) is 0 Å². The van der Waals surface area contributed by atoms with Crippen LogP contribution in [0.4, 0.5) is 0 Å². The highest BCUT2D eigenvalue weighted by Crippen LogP contribution is 2.24. The average Bonchev–Trinajstić information content (AvgIpc) is 2.69. The van der Waals surface area contributed by atoms with Crippen molar-refractivity contribution in [2.75, 3.05) is 46.8 Å². The van der Waals surface area contributed by atoms with Crippen LogP contribution in [0.3, 0.4) is 0 Å². The van der Waals surface area contributed by atoms with Crippen LogP contribution in [0.5, 0.6) is 0 Å². The first-order valence-electron chi connectivity index (χ1n) is 10.4. The van der Waals surface area contributed by atoms with Crippen molar-refractivity contribution in [1.82, 2.24) is 20.4 Å². The number of guanidine groups is 1. The van der Waals surface area contributed by atoms with Crippen LogP contribution in [0.2, 0.25) is 10.0 Å². The van der Waals surface area contributed by atoms with Crippen LogP contribution < -0.4 is 10.6 Å². The molecule has 1 unspecified atom stereocenters. The molecule has 2 heterocycles. The largest absolute Gasteiger partial charge is 0.356 e. The minimum atomic E-state index is 0.477. The number of rotatable bonds is 5. The number of hydrogen-bond acceptors (Lipinski definition) is 3. The molecule has 0 bridgehead atoms. The molecule has 1 aromatic rings. The van der Waals surface area contributed by atoms with E-state index >= 15 is 0 Å². The second-order valence-electron chi connectivity index (χ2n) is 8.17. The molecule has 1 atom stereocenters. The van der Waals surface area contributed by atoms with Gasteiger partial charge in [0.05, 0.1) is 10.0 Å². The normalized spacial score (nSPS) is 23.0. The summed E-state index contributed by atoms with van der Waals surface area (Å²) in [5.74, 6) is 1.65. The van der Waals surface area contributed by atoms with Crippen LogP contribution >= 0.6 is 23.2 Å². The number of nitrogens with one attached hydrogen (secondary N) is 2. The van der Waals surface area contributed by atoms with Crippen molar-refractivity contribution in [3.8, 4) is 0 Å². The Hall–Kier alpha value is -1.01. The topological polar surface area (TPSA) is 42.9 Å². The van der Waals surface area contributed by atoms with E-state index in [0.29, 0.717) is 22.0 Å². The molecule has 0 radical (unpaired) electrons. The van der Waals surface area contributed by atoms with Crippen molar-refractivity contribution < 1.29 is 0 Å². The second-order valence-corrected chi connectivity index (χ2v) is 8.98. The van der Waals surface area contributed by atoms with Crippen LogP contribution in [0.25, 0.3) is 0 Å². The summed E-state index contributed by atoms with van der Waals surface area (Å²) in [5, 5.41) is 8.41. The molecule has 0 aromatic heterocycles. The molecule has 0 spiro atoms. The summed E-state index contributed by atoms with van der Waals surface area (Å²) in [4.78, 5) is 9.33. The molecule has 2 fully saturated rings. The Morgan fingerprint density at radius 2 is 1.93 bits per heavy atom. The predicted octanol–water partition coefficient (Wildman–Crippen LogP) is 3.46. The highest BCUT2D eigenvalue weighted by Gasteiger charge is 2.21. The minimum Gasteiger partial charge on any atom is -0.356 e. The standard InChI is InChI=1S/C21H33Cl2N5/c1-24-21(25-13-17-4-3-9-27(2)14-17)26-18-7-10-28(11-8-18)15-16-5-6-19(22)20(23)12-16/h5-6,12,17-18H,3-4,7-11,13-15H2,1-2H3,(H2,24,25,26). The summed E-state index contributed by atoms with van der Waals surface area (Å²) in [6, 6.07) is 6.40. The number of hydrogen-bond donors (Lipinski definition) is 2. The van der Waals surface area contributed by atoms with Crippen molar-refractivity contribution >= 4 is 29.2 Å². The fourth-order valence-electron chi connectivity index (χ4n) is 4.20. The van der Waals surface area contributed by atoms with Gasteiger partial charge in [-0.1, -0.05) is 29.3 Å². The van der Waals surface area contributed by atoms with Gasteiger partial charge in [0.2, 0.25) is 0 Å². The lowest BCUT2D eigenvalue weighted by atomic mass is 9.98. The molecule has 5 nitrogen and oxygen atoms in total. The number of piperidine rings is 2. The van der Waals surface area contributed by atoms with Crippen LogP contribution in [-0.4, -0.2) is 68.6 Å². The first-order chi connectivity index (χ1) is 13.5. The molecule has 156 valence electrons. The molecule has 3 rings (SSSR count). The van der Waals surface area contributed by atoms with E-state index in [4.69, 9.17) is 23.2 Å².